The summed E-state index contributed by atoms with van der Waals surface area (Å²) in [6, 6.07) is 27.8. The van der Waals surface area contributed by atoms with E-state index in [0.29, 0.717) is 15.8 Å². The van der Waals surface area contributed by atoms with Gasteiger partial charge in [0.2, 0.25) is 4.96 Å². The fraction of sp³-hybridized carbons (Fsp3) is 0. The van der Waals surface area contributed by atoms with E-state index in [1.165, 1.54) is 11.3 Å². The van der Waals surface area contributed by atoms with Crippen molar-refractivity contribution in [3.63, 3.8) is 0 Å². The largest absolute Gasteiger partial charge is 0.240 e. The van der Waals surface area contributed by atoms with Gasteiger partial charge in [0.1, 0.15) is 5.01 Å². The number of hydrogen-bond donors (Lipinski definition) is 0. The number of fused-ring (bicyclic) bond motifs is 1. The van der Waals surface area contributed by atoms with E-state index in [1.807, 2.05) is 95.8 Å². The van der Waals surface area contributed by atoms with Crippen molar-refractivity contribution in [2.24, 2.45) is 0 Å². The van der Waals surface area contributed by atoms with Crippen molar-refractivity contribution in [2.75, 3.05) is 0 Å². The Morgan fingerprint density at radius 2 is 1.50 bits per heavy atom. The highest BCUT2D eigenvalue weighted by Crippen LogP contribution is 2.29. The van der Waals surface area contributed by atoms with Crippen molar-refractivity contribution in [2.45, 2.75) is 0 Å². The molecule has 0 aliphatic heterocycles. The van der Waals surface area contributed by atoms with Crippen LogP contribution in [0.2, 0.25) is 5.02 Å². The maximum absolute atomic E-state index is 6.36. The van der Waals surface area contributed by atoms with Crippen molar-refractivity contribution in [3.05, 3.63) is 107 Å². The van der Waals surface area contributed by atoms with Gasteiger partial charge in [0.25, 0.3) is 0 Å². The van der Waals surface area contributed by atoms with Crippen LogP contribution < -0.4 is 0 Å². The molecule has 6 rings (SSSR count). The summed E-state index contributed by atoms with van der Waals surface area (Å²) in [6.07, 6.45) is 6.05. The van der Waals surface area contributed by atoms with Gasteiger partial charge in [-0.1, -0.05) is 83.6 Å². The predicted octanol–water partition coefficient (Wildman–Crippen LogP) is 6.53. The van der Waals surface area contributed by atoms with Crippen LogP contribution in [0.4, 0.5) is 0 Å². The summed E-state index contributed by atoms with van der Waals surface area (Å²) in [7, 11) is 0. The molecule has 6 nitrogen and oxygen atoms in total. The van der Waals surface area contributed by atoms with Gasteiger partial charge in [-0.15, -0.1) is 10.2 Å². The molecule has 34 heavy (non-hydrogen) atoms. The van der Waals surface area contributed by atoms with Gasteiger partial charge in [0.15, 0.2) is 5.82 Å². The summed E-state index contributed by atoms with van der Waals surface area (Å²) in [6.45, 7) is 0. The number of para-hydroxylation sites is 1. The molecule has 0 atom stereocenters. The SMILES string of the molecule is Clc1ccccc1-c1nnc2sc(/C=C\c3cn(-c4ccccc4)nc3-c3ccccc3)nn12. The van der Waals surface area contributed by atoms with Crippen molar-refractivity contribution in [1.82, 2.24) is 29.6 Å². The second-order valence-electron chi connectivity index (χ2n) is 7.55. The lowest BCUT2D eigenvalue weighted by atomic mass is 10.1. The third kappa shape index (κ3) is 3.81. The molecule has 0 aliphatic carbocycles. The Morgan fingerprint density at radius 3 is 2.29 bits per heavy atom. The molecule has 0 saturated carbocycles. The monoisotopic (exact) mass is 480 g/mol. The van der Waals surface area contributed by atoms with Crippen LogP contribution in [0.1, 0.15) is 10.6 Å². The highest BCUT2D eigenvalue weighted by molar-refractivity contribution is 7.17. The van der Waals surface area contributed by atoms with Crippen LogP contribution in [-0.4, -0.2) is 29.6 Å². The van der Waals surface area contributed by atoms with Gasteiger partial charge in [-0.05, 0) is 36.4 Å². The smallest absolute Gasteiger partial charge is 0.235 e. The van der Waals surface area contributed by atoms with Crippen LogP contribution in [0.15, 0.2) is 91.1 Å². The average Bonchev–Trinajstić information content (AvgIpc) is 3.59. The first-order valence-electron chi connectivity index (χ1n) is 10.6. The Hall–Kier alpha value is -4.07. The van der Waals surface area contributed by atoms with E-state index in [-0.39, 0.29) is 0 Å². The summed E-state index contributed by atoms with van der Waals surface area (Å²) in [5.74, 6) is 0.623. The van der Waals surface area contributed by atoms with Crippen LogP contribution >= 0.6 is 22.9 Å². The van der Waals surface area contributed by atoms with Crippen molar-refractivity contribution >= 4 is 40.1 Å². The van der Waals surface area contributed by atoms with Gasteiger partial charge >= 0.3 is 0 Å². The molecular weight excluding hydrogens is 464 g/mol. The van der Waals surface area contributed by atoms with Gasteiger partial charge in [0, 0.05) is 22.9 Å². The maximum Gasteiger partial charge on any atom is 0.235 e. The van der Waals surface area contributed by atoms with Gasteiger partial charge < -0.3 is 0 Å². The zero-order valence-electron chi connectivity index (χ0n) is 17.8. The third-order valence-electron chi connectivity index (χ3n) is 5.34. The minimum Gasteiger partial charge on any atom is -0.240 e. The summed E-state index contributed by atoms with van der Waals surface area (Å²) in [5.41, 5.74) is 4.75. The summed E-state index contributed by atoms with van der Waals surface area (Å²) in [5, 5.41) is 19.6. The number of nitrogens with zero attached hydrogens (tertiary/aromatic N) is 6. The fourth-order valence-corrected chi connectivity index (χ4v) is 4.67. The third-order valence-corrected chi connectivity index (χ3v) is 6.53. The second-order valence-corrected chi connectivity index (χ2v) is 8.95. The summed E-state index contributed by atoms with van der Waals surface area (Å²) < 4.78 is 3.63. The topological polar surface area (TPSA) is 60.9 Å². The molecular formula is C26H17ClN6S. The van der Waals surface area contributed by atoms with Gasteiger partial charge in [-0.25, -0.2) is 4.68 Å². The fourth-order valence-electron chi connectivity index (χ4n) is 3.71. The standard InChI is InChI=1S/C26H17ClN6S/c27-22-14-8-7-13-21(22)25-28-29-26-33(25)30-23(34-26)16-15-19-17-32(20-11-5-2-6-12-20)31-24(19)18-9-3-1-4-10-18/h1-17H/b16-15-. The van der Waals surface area contributed by atoms with Crippen LogP contribution in [0.3, 0.4) is 0 Å². The normalized spacial score (nSPS) is 11.6. The maximum atomic E-state index is 6.36. The van der Waals surface area contributed by atoms with Crippen LogP contribution in [0, 0.1) is 0 Å². The first kappa shape index (κ1) is 20.5. The zero-order valence-corrected chi connectivity index (χ0v) is 19.4. The predicted molar refractivity (Wildman–Crippen MR) is 137 cm³/mol. The molecule has 0 N–H and O–H groups in total. The summed E-state index contributed by atoms with van der Waals surface area (Å²) >= 11 is 7.83. The van der Waals surface area contributed by atoms with Crippen molar-refractivity contribution in [3.8, 4) is 28.3 Å². The van der Waals surface area contributed by atoms with E-state index < -0.39 is 0 Å². The molecule has 0 fully saturated rings. The van der Waals surface area contributed by atoms with Gasteiger partial charge in [-0.2, -0.15) is 14.7 Å². The highest BCUT2D eigenvalue weighted by atomic mass is 35.5. The molecule has 3 aromatic carbocycles. The Balaban J connectivity index is 1.39. The zero-order chi connectivity index (χ0) is 22.9. The highest BCUT2D eigenvalue weighted by Gasteiger charge is 2.15. The van der Waals surface area contributed by atoms with E-state index >= 15 is 0 Å². The number of benzene rings is 3. The van der Waals surface area contributed by atoms with Crippen LogP contribution in [0.25, 0.3) is 45.4 Å². The molecule has 0 amide bonds. The van der Waals surface area contributed by atoms with E-state index in [2.05, 4.69) is 22.3 Å². The van der Waals surface area contributed by atoms with E-state index in [1.54, 1.807) is 4.52 Å². The molecule has 0 saturated heterocycles. The van der Waals surface area contributed by atoms with E-state index in [4.69, 9.17) is 21.8 Å². The molecule has 6 aromatic rings. The van der Waals surface area contributed by atoms with E-state index in [0.717, 1.165) is 33.1 Å². The first-order chi connectivity index (χ1) is 16.8. The minimum atomic E-state index is 0.614. The van der Waals surface area contributed by atoms with Crippen molar-refractivity contribution in [1.29, 1.82) is 0 Å². The molecule has 0 spiro atoms. The molecule has 0 radical (unpaired) electrons. The minimum absolute atomic E-state index is 0.614. The number of rotatable bonds is 5. The number of halogens is 1. The van der Waals surface area contributed by atoms with Gasteiger partial charge in [-0.3, -0.25) is 0 Å². The Morgan fingerprint density at radius 1 is 0.765 bits per heavy atom. The Kier molecular flexibility index (Phi) is 5.25. The van der Waals surface area contributed by atoms with E-state index in [9.17, 15) is 0 Å². The molecule has 0 aliphatic rings. The van der Waals surface area contributed by atoms with Gasteiger partial charge in [0.05, 0.1) is 16.4 Å². The average molecular weight is 481 g/mol. The Bertz CT molecular complexity index is 1620. The lowest BCUT2D eigenvalue weighted by Crippen LogP contribution is -1.93. The molecule has 3 aromatic heterocycles. The lowest BCUT2D eigenvalue weighted by molar-refractivity contribution is 0.884. The molecule has 8 heteroatoms. The second kappa shape index (κ2) is 8.70. The number of hydrogen-bond acceptors (Lipinski definition) is 5. The molecule has 164 valence electrons. The lowest BCUT2D eigenvalue weighted by Gasteiger charge is -2.00. The number of aromatic nitrogens is 6. The molecule has 3 heterocycles. The van der Waals surface area contributed by atoms with Crippen molar-refractivity contribution < 1.29 is 0 Å². The quantitative estimate of drug-likeness (QED) is 0.281. The van der Waals surface area contributed by atoms with Crippen LogP contribution in [0.5, 0.6) is 0 Å². The molecule has 0 unspecified atom stereocenters. The summed E-state index contributed by atoms with van der Waals surface area (Å²) in [4.78, 5) is 0.706. The van der Waals surface area contributed by atoms with Crippen LogP contribution in [-0.2, 0) is 0 Å². The first-order valence-corrected chi connectivity index (χ1v) is 11.8. The Labute approximate surface area is 204 Å². The molecule has 0 bridgehead atoms.